The summed E-state index contributed by atoms with van der Waals surface area (Å²) < 4.78 is 3.41. The van der Waals surface area contributed by atoms with Crippen LogP contribution in [0.15, 0.2) is 0 Å². The third kappa shape index (κ3) is 2.23. The molecule has 33 heavy (non-hydrogen) atoms. The summed E-state index contributed by atoms with van der Waals surface area (Å²) in [6.45, 7) is 11.0. The standard InChI is InChI=1S/4C8H13.Cr/c4*1-8-4-2-7(6-8)3-5-8;/h4*2-6H2,1H3;. The van der Waals surface area contributed by atoms with Crippen molar-refractivity contribution in [1.29, 1.82) is 0 Å². The van der Waals surface area contributed by atoms with Crippen molar-refractivity contribution in [2.45, 2.75) is 173 Å². The Balaban J connectivity index is 1.44. The number of hydrogen-bond acceptors (Lipinski definition) is 0. The van der Waals surface area contributed by atoms with Gasteiger partial charge in [-0.2, -0.15) is 0 Å². The van der Waals surface area contributed by atoms with Crippen molar-refractivity contribution in [1.82, 2.24) is 0 Å². The Bertz CT molecular complexity index is 726. The first-order chi connectivity index (χ1) is 15.5. The van der Waals surface area contributed by atoms with E-state index in [1.807, 2.05) is 0 Å². The quantitative estimate of drug-likeness (QED) is 0.369. The SMILES string of the molecule is CC12CC[C]([Cr]([C]34CCC(C)(CC3)C4)([C]34CCC(C)(CC3)C4)[C]34CCC(C)(CC3)C4)(CC1)C2. The molecule has 0 spiro atoms. The van der Waals surface area contributed by atoms with Gasteiger partial charge in [0.05, 0.1) is 0 Å². The third-order valence-electron chi connectivity index (χ3n) is 15.1. The monoisotopic (exact) mass is 488 g/mol. The molecule has 0 saturated heterocycles. The first-order valence-corrected chi connectivity index (χ1v) is 17.9. The van der Waals surface area contributed by atoms with Gasteiger partial charge in [0.1, 0.15) is 0 Å². The van der Waals surface area contributed by atoms with E-state index in [1.165, 1.54) is 0 Å². The summed E-state index contributed by atoms with van der Waals surface area (Å²) in [4.78, 5) is 0. The van der Waals surface area contributed by atoms with Crippen molar-refractivity contribution in [3.05, 3.63) is 0 Å². The summed E-state index contributed by atoms with van der Waals surface area (Å²) in [6, 6.07) is 0. The molecule has 0 unspecified atom stereocenters. The summed E-state index contributed by atoms with van der Waals surface area (Å²) in [7, 11) is 0. The van der Waals surface area contributed by atoms with Crippen molar-refractivity contribution >= 4 is 0 Å². The van der Waals surface area contributed by atoms with Crippen molar-refractivity contribution in [3.8, 4) is 0 Å². The normalized spacial score (nSPS) is 65.3. The van der Waals surface area contributed by atoms with E-state index in [0.717, 1.165) is 38.8 Å². The Labute approximate surface area is 207 Å². The average Bonchev–Trinajstić information content (AvgIpc) is 3.60. The predicted octanol–water partition coefficient (Wildman–Crippen LogP) is 10.7. The van der Waals surface area contributed by atoms with Gasteiger partial charge < -0.3 is 0 Å². The molecule has 0 radical (unpaired) electrons. The molecular formula is C32H52Cr. The molecule has 0 nitrogen and oxygen atoms in total. The number of fused-ring (bicyclic) bond motifs is 8. The molecule has 1 heteroatoms. The van der Waals surface area contributed by atoms with Crippen molar-refractivity contribution in [2.24, 2.45) is 21.7 Å². The summed E-state index contributed by atoms with van der Waals surface area (Å²) in [5.74, 6) is 0. The number of hydrogen-bond donors (Lipinski definition) is 0. The van der Waals surface area contributed by atoms with Gasteiger partial charge in [-0.25, -0.2) is 0 Å². The van der Waals surface area contributed by atoms with Gasteiger partial charge in [0.2, 0.25) is 0 Å². The molecule has 0 amide bonds. The summed E-state index contributed by atoms with van der Waals surface area (Å²) in [5, 5.41) is 0. The van der Waals surface area contributed by atoms with Crippen LogP contribution >= 0.6 is 0 Å². The molecule has 8 fully saturated rings. The van der Waals surface area contributed by atoms with E-state index in [1.54, 1.807) is 128 Å². The second-order valence-electron chi connectivity index (χ2n) is 17.3. The topological polar surface area (TPSA) is 0 Å². The Morgan fingerprint density at radius 2 is 0.485 bits per heavy atom. The second-order valence-corrected chi connectivity index (χ2v) is 24.6. The molecule has 8 aliphatic rings. The fourth-order valence-corrected chi connectivity index (χ4v) is 31.4. The van der Waals surface area contributed by atoms with Crippen LogP contribution < -0.4 is 0 Å². The van der Waals surface area contributed by atoms with Crippen molar-refractivity contribution in [2.75, 3.05) is 0 Å². The van der Waals surface area contributed by atoms with Crippen LogP contribution in [0, 0.1) is 21.7 Å². The summed E-state index contributed by atoms with van der Waals surface area (Å²) in [6.07, 6.45) is 33.3. The van der Waals surface area contributed by atoms with E-state index >= 15 is 0 Å². The molecule has 0 N–H and O–H groups in total. The minimum atomic E-state index is -1.98. The summed E-state index contributed by atoms with van der Waals surface area (Å²) >= 11 is -1.98. The Hall–Kier alpha value is 0.532. The van der Waals surface area contributed by atoms with E-state index in [-0.39, 0.29) is 0 Å². The fraction of sp³-hybridized carbons (Fsp3) is 1.00. The fourth-order valence-electron chi connectivity index (χ4n) is 14.2. The van der Waals surface area contributed by atoms with Crippen LogP contribution in [0.4, 0.5) is 0 Å². The zero-order valence-corrected chi connectivity index (χ0v) is 23.8. The van der Waals surface area contributed by atoms with Gasteiger partial charge in [0, 0.05) is 0 Å². The summed E-state index contributed by atoms with van der Waals surface area (Å²) in [5.41, 5.74) is 2.92. The molecule has 8 saturated carbocycles. The van der Waals surface area contributed by atoms with E-state index in [9.17, 15) is 0 Å². The van der Waals surface area contributed by atoms with Crippen LogP contribution in [0.5, 0.6) is 0 Å². The van der Waals surface area contributed by atoms with Crippen LogP contribution in [-0.4, -0.2) is 0 Å². The van der Waals surface area contributed by atoms with Gasteiger partial charge in [-0.05, 0) is 0 Å². The van der Waals surface area contributed by atoms with E-state index in [2.05, 4.69) is 27.7 Å². The van der Waals surface area contributed by atoms with Crippen molar-refractivity contribution in [3.63, 3.8) is 0 Å². The van der Waals surface area contributed by atoms with Gasteiger partial charge in [-0.3, -0.25) is 0 Å². The zero-order chi connectivity index (χ0) is 22.6. The molecule has 0 heterocycles. The second kappa shape index (κ2) is 5.82. The van der Waals surface area contributed by atoms with Gasteiger partial charge >= 0.3 is 208 Å². The average molecular weight is 489 g/mol. The molecule has 0 aromatic carbocycles. The van der Waals surface area contributed by atoms with Gasteiger partial charge in [0.15, 0.2) is 0 Å². The van der Waals surface area contributed by atoms with E-state index in [4.69, 9.17) is 0 Å². The van der Waals surface area contributed by atoms with Crippen molar-refractivity contribution < 1.29 is 13.1 Å². The molecule has 8 bridgehead atoms. The van der Waals surface area contributed by atoms with Crippen LogP contribution in [0.25, 0.3) is 0 Å². The van der Waals surface area contributed by atoms with Crippen LogP contribution in [0.3, 0.4) is 0 Å². The molecule has 0 aromatic rings. The first-order valence-electron chi connectivity index (χ1n) is 15.3. The van der Waals surface area contributed by atoms with Gasteiger partial charge in [-0.15, -0.1) is 0 Å². The third-order valence-corrected chi connectivity index (χ3v) is 26.6. The number of rotatable bonds is 4. The Morgan fingerprint density at radius 3 is 0.606 bits per heavy atom. The van der Waals surface area contributed by atoms with E-state index < -0.39 is 13.1 Å². The Morgan fingerprint density at radius 1 is 0.303 bits per heavy atom. The Kier molecular flexibility index (Phi) is 3.81. The molecule has 8 rings (SSSR count). The van der Waals surface area contributed by atoms with Gasteiger partial charge in [-0.1, -0.05) is 0 Å². The molecular weight excluding hydrogens is 436 g/mol. The molecule has 0 aromatic heterocycles. The van der Waals surface area contributed by atoms with Gasteiger partial charge in [0.25, 0.3) is 0 Å². The van der Waals surface area contributed by atoms with Crippen LogP contribution in [0.2, 0.25) is 17.1 Å². The first kappa shape index (κ1) is 21.6. The molecule has 186 valence electrons. The van der Waals surface area contributed by atoms with Crippen LogP contribution in [0.1, 0.15) is 156 Å². The maximum absolute atomic E-state index is 2.75. The predicted molar refractivity (Wildman–Crippen MR) is 136 cm³/mol. The molecule has 8 aliphatic carbocycles. The van der Waals surface area contributed by atoms with Crippen LogP contribution in [-0.2, 0) is 13.1 Å². The minimum absolute atomic E-state index is 0.730. The maximum atomic E-state index is 2.75. The van der Waals surface area contributed by atoms with E-state index in [0.29, 0.717) is 0 Å². The zero-order valence-electron chi connectivity index (χ0n) is 22.6. The molecule has 0 atom stereocenters. The molecule has 0 aliphatic heterocycles.